The third-order valence-corrected chi connectivity index (χ3v) is 7.20. The maximum Gasteiger partial charge on any atom is 0.297 e. The van der Waals surface area contributed by atoms with Crippen LogP contribution < -0.4 is 0 Å². The average Bonchev–Trinajstić information content (AvgIpc) is 3.36. The molecule has 0 aliphatic carbocycles. The van der Waals surface area contributed by atoms with E-state index in [-0.39, 0.29) is 27.7 Å². The molecule has 2 aliphatic rings. The molecule has 0 saturated carbocycles. The van der Waals surface area contributed by atoms with E-state index in [9.17, 15) is 12.8 Å². The number of nitrogens with zero attached hydrogens (tertiary/aromatic N) is 3. The van der Waals surface area contributed by atoms with Crippen LogP contribution in [0.1, 0.15) is 25.6 Å². The van der Waals surface area contributed by atoms with E-state index in [0.717, 1.165) is 5.56 Å². The third kappa shape index (κ3) is 4.02. The SMILES string of the molecule is Cc1ccc(S(=O)(=O)OC[C@H]2O[C@@H](n3cc(F)c4c(Cl)ncnc43)[C@@H]3OC(C)(C)O[C@@H]32)cc1. The van der Waals surface area contributed by atoms with Crippen molar-refractivity contribution in [1.82, 2.24) is 14.5 Å². The van der Waals surface area contributed by atoms with Crippen molar-refractivity contribution in [2.45, 2.75) is 56.0 Å². The zero-order valence-electron chi connectivity index (χ0n) is 17.9. The minimum absolute atomic E-state index is 0.0289. The van der Waals surface area contributed by atoms with Gasteiger partial charge in [-0.2, -0.15) is 8.42 Å². The van der Waals surface area contributed by atoms with E-state index in [4.69, 9.17) is 30.0 Å². The summed E-state index contributed by atoms with van der Waals surface area (Å²) in [5, 5.41) is 0.0259. The second-order valence-electron chi connectivity index (χ2n) is 8.43. The van der Waals surface area contributed by atoms with Crippen molar-refractivity contribution in [3.8, 4) is 0 Å². The lowest BCUT2D eigenvalue weighted by Crippen LogP contribution is -2.33. The molecule has 0 bridgehead atoms. The number of hydrogen-bond acceptors (Lipinski definition) is 8. The van der Waals surface area contributed by atoms with Gasteiger partial charge >= 0.3 is 0 Å². The van der Waals surface area contributed by atoms with Gasteiger partial charge in [-0.15, -0.1) is 0 Å². The van der Waals surface area contributed by atoms with Crippen LogP contribution in [0.2, 0.25) is 5.15 Å². The van der Waals surface area contributed by atoms with Crippen LogP contribution in [0.3, 0.4) is 0 Å². The molecule has 4 heterocycles. The number of rotatable bonds is 5. The molecule has 4 atom stereocenters. The summed E-state index contributed by atoms with van der Waals surface area (Å²) in [6.07, 6.45) is -0.563. The summed E-state index contributed by atoms with van der Waals surface area (Å²) in [7, 11) is -4.02. The Hall–Kier alpha value is -2.15. The number of hydrogen-bond donors (Lipinski definition) is 0. The lowest BCUT2D eigenvalue weighted by atomic mass is 10.1. The number of fused-ring (bicyclic) bond motifs is 2. The van der Waals surface area contributed by atoms with Gasteiger partial charge in [0.25, 0.3) is 10.1 Å². The van der Waals surface area contributed by atoms with E-state index in [1.165, 1.54) is 29.2 Å². The lowest BCUT2D eigenvalue weighted by Gasteiger charge is -2.24. The van der Waals surface area contributed by atoms with Crippen LogP contribution in [-0.2, 0) is 28.5 Å². The van der Waals surface area contributed by atoms with E-state index in [1.807, 2.05) is 6.92 Å². The second-order valence-corrected chi connectivity index (χ2v) is 10.4. The first kappa shape index (κ1) is 22.6. The Morgan fingerprint density at radius 1 is 1.18 bits per heavy atom. The molecule has 1 aromatic carbocycles. The van der Waals surface area contributed by atoms with Gasteiger partial charge in [-0.25, -0.2) is 14.4 Å². The van der Waals surface area contributed by atoms with Crippen LogP contribution in [0, 0.1) is 12.7 Å². The predicted octanol–water partition coefficient (Wildman–Crippen LogP) is 3.36. The Morgan fingerprint density at radius 2 is 1.88 bits per heavy atom. The van der Waals surface area contributed by atoms with Crippen LogP contribution in [0.15, 0.2) is 41.7 Å². The monoisotopic (exact) mass is 497 g/mol. The average molecular weight is 498 g/mol. The summed E-state index contributed by atoms with van der Waals surface area (Å²) >= 11 is 6.05. The first-order valence-corrected chi connectivity index (χ1v) is 12.0. The van der Waals surface area contributed by atoms with Crippen LogP contribution >= 0.6 is 11.6 Å². The van der Waals surface area contributed by atoms with Gasteiger partial charge in [0.05, 0.1) is 16.9 Å². The highest BCUT2D eigenvalue weighted by atomic mass is 35.5. The number of ether oxygens (including phenoxy) is 3. The largest absolute Gasteiger partial charge is 0.347 e. The first-order valence-electron chi connectivity index (χ1n) is 10.2. The summed E-state index contributed by atoms with van der Waals surface area (Å²) in [6, 6.07) is 6.32. The van der Waals surface area contributed by atoms with E-state index in [1.54, 1.807) is 26.0 Å². The smallest absolute Gasteiger partial charge is 0.297 e. The molecule has 0 amide bonds. The maximum atomic E-state index is 14.6. The fraction of sp³-hybridized carbons (Fsp3) is 0.429. The van der Waals surface area contributed by atoms with Gasteiger partial charge in [0, 0.05) is 6.20 Å². The Morgan fingerprint density at radius 3 is 2.61 bits per heavy atom. The standard InChI is InChI=1S/C21H21ClFN3O6S/c1-11-4-6-12(7-5-11)33(27,28)29-9-14-16-17(32-21(2,3)31-16)20(30-14)26-8-13(23)15-18(22)24-10-25-19(15)26/h4-8,10,14,16-17,20H,9H2,1-3H3/t14-,16-,17-,20-/m1/s1. The molecule has 12 heteroatoms. The molecule has 0 unspecified atom stereocenters. The van der Waals surface area contributed by atoms with Crippen molar-refractivity contribution in [2.24, 2.45) is 0 Å². The molecule has 5 rings (SSSR count). The molecule has 33 heavy (non-hydrogen) atoms. The molecule has 2 fully saturated rings. The van der Waals surface area contributed by atoms with Gasteiger partial charge < -0.3 is 18.8 Å². The highest BCUT2D eigenvalue weighted by Crippen LogP contribution is 2.44. The van der Waals surface area contributed by atoms with E-state index < -0.39 is 46.3 Å². The first-order chi connectivity index (χ1) is 15.6. The number of benzene rings is 1. The Labute approximate surface area is 194 Å². The molecule has 2 aromatic heterocycles. The van der Waals surface area contributed by atoms with Gasteiger partial charge in [0.2, 0.25) is 0 Å². The zero-order chi connectivity index (χ0) is 23.5. The molecule has 2 aliphatic heterocycles. The highest BCUT2D eigenvalue weighted by Gasteiger charge is 2.56. The minimum atomic E-state index is -4.02. The molecule has 2 saturated heterocycles. The van der Waals surface area contributed by atoms with Gasteiger partial charge in [0.1, 0.15) is 35.4 Å². The van der Waals surface area contributed by atoms with E-state index in [0.29, 0.717) is 0 Å². The van der Waals surface area contributed by atoms with Crippen LogP contribution in [0.25, 0.3) is 11.0 Å². The summed E-state index contributed by atoms with van der Waals surface area (Å²) in [5.41, 5.74) is 1.14. The van der Waals surface area contributed by atoms with Crippen molar-refractivity contribution < 1.29 is 31.2 Å². The molecular weight excluding hydrogens is 477 g/mol. The van der Waals surface area contributed by atoms with Gasteiger partial charge in [0.15, 0.2) is 17.8 Å². The Balaban J connectivity index is 1.43. The summed E-state index contributed by atoms with van der Waals surface area (Å²) < 4.78 is 64.7. The van der Waals surface area contributed by atoms with Gasteiger partial charge in [-0.05, 0) is 32.9 Å². The predicted molar refractivity (Wildman–Crippen MR) is 115 cm³/mol. The Kier molecular flexibility index (Phi) is 5.46. The van der Waals surface area contributed by atoms with Crippen molar-refractivity contribution in [1.29, 1.82) is 0 Å². The van der Waals surface area contributed by atoms with Crippen LogP contribution in [0.5, 0.6) is 0 Å². The van der Waals surface area contributed by atoms with Crippen LogP contribution in [-0.4, -0.2) is 53.7 Å². The fourth-order valence-electron chi connectivity index (χ4n) is 4.15. The topological polar surface area (TPSA) is 102 Å². The van der Waals surface area contributed by atoms with Crippen molar-refractivity contribution in [3.05, 3.63) is 53.3 Å². The normalized spacial score (nSPS) is 26.7. The summed E-state index contributed by atoms with van der Waals surface area (Å²) in [6.45, 7) is 5.01. The highest BCUT2D eigenvalue weighted by molar-refractivity contribution is 7.86. The molecule has 176 valence electrons. The maximum absolute atomic E-state index is 14.6. The fourth-order valence-corrected chi connectivity index (χ4v) is 5.28. The summed E-state index contributed by atoms with van der Waals surface area (Å²) in [5.74, 6) is -1.57. The molecule has 9 nitrogen and oxygen atoms in total. The number of aryl methyl sites for hydroxylation is 1. The molecule has 0 spiro atoms. The molecule has 0 N–H and O–H groups in total. The molecule has 3 aromatic rings. The van der Waals surface area contributed by atoms with Gasteiger partial charge in [-0.1, -0.05) is 29.3 Å². The quantitative estimate of drug-likeness (QED) is 0.390. The molecule has 0 radical (unpaired) electrons. The van der Waals surface area contributed by atoms with Crippen molar-refractivity contribution in [2.75, 3.05) is 6.61 Å². The van der Waals surface area contributed by atoms with E-state index in [2.05, 4.69) is 9.97 Å². The second kappa shape index (κ2) is 7.97. The van der Waals surface area contributed by atoms with E-state index >= 15 is 0 Å². The minimum Gasteiger partial charge on any atom is -0.347 e. The third-order valence-electron chi connectivity index (χ3n) is 5.61. The van der Waals surface area contributed by atoms with Crippen molar-refractivity contribution >= 4 is 32.8 Å². The van der Waals surface area contributed by atoms with Crippen LogP contribution in [0.4, 0.5) is 4.39 Å². The number of halogens is 2. The number of aromatic nitrogens is 3. The molecular formula is C21H21ClFN3O6S. The van der Waals surface area contributed by atoms with Crippen molar-refractivity contribution in [3.63, 3.8) is 0 Å². The summed E-state index contributed by atoms with van der Waals surface area (Å²) in [4.78, 5) is 7.99. The van der Waals surface area contributed by atoms with Gasteiger partial charge in [-0.3, -0.25) is 4.18 Å². The zero-order valence-corrected chi connectivity index (χ0v) is 19.5. The lowest BCUT2D eigenvalue weighted by molar-refractivity contribution is -0.198. The Bertz CT molecular complexity index is 1310.